The highest BCUT2D eigenvalue weighted by Gasteiger charge is 2.30. The van der Waals surface area contributed by atoms with Gasteiger partial charge in [0.05, 0.1) is 17.8 Å². The number of carbonyl (C=O) groups is 1. The first-order valence-electron chi connectivity index (χ1n) is 11.7. The molecule has 0 saturated carbocycles. The molecule has 10 heteroatoms. The first-order chi connectivity index (χ1) is 17.5. The summed E-state index contributed by atoms with van der Waals surface area (Å²) in [6, 6.07) is 14.8. The molecular weight excluding hydrogens is 480 g/mol. The van der Waals surface area contributed by atoms with Crippen molar-refractivity contribution in [2.45, 2.75) is 31.8 Å². The number of aromatic amines is 1. The number of aromatic nitrogens is 3. The average Bonchev–Trinajstić information content (AvgIpc) is 3.58. The van der Waals surface area contributed by atoms with Crippen molar-refractivity contribution in [3.8, 4) is 34.1 Å². The van der Waals surface area contributed by atoms with Gasteiger partial charge in [0.1, 0.15) is 11.5 Å². The lowest BCUT2D eigenvalue weighted by molar-refractivity contribution is -0.139. The Kier molecular flexibility index (Phi) is 6.86. The molecule has 1 saturated heterocycles. The summed E-state index contributed by atoms with van der Waals surface area (Å²) in [7, 11) is 1.66. The number of likely N-dealkylation sites (tertiary alicyclic amines) is 1. The summed E-state index contributed by atoms with van der Waals surface area (Å²) >= 11 is 1.63. The minimum Gasteiger partial charge on any atom is -0.496 e. The zero-order valence-corrected chi connectivity index (χ0v) is 20.8. The van der Waals surface area contributed by atoms with Crippen LogP contribution in [0.5, 0.6) is 11.5 Å². The summed E-state index contributed by atoms with van der Waals surface area (Å²) in [6.07, 6.45) is 1.27. The van der Waals surface area contributed by atoms with Crippen molar-refractivity contribution in [3.05, 3.63) is 69.5 Å². The van der Waals surface area contributed by atoms with Crippen LogP contribution < -0.4 is 15.2 Å². The van der Waals surface area contributed by atoms with Crippen LogP contribution in [0.2, 0.25) is 0 Å². The van der Waals surface area contributed by atoms with Crippen molar-refractivity contribution in [2.75, 3.05) is 20.2 Å². The van der Waals surface area contributed by atoms with E-state index < -0.39 is 11.9 Å². The van der Waals surface area contributed by atoms with Crippen LogP contribution in [0.1, 0.15) is 30.7 Å². The molecule has 5 rings (SSSR count). The Hall–Kier alpha value is -3.92. The highest BCUT2D eigenvalue weighted by Crippen LogP contribution is 2.35. The molecular formula is C26H26N4O5S. The highest BCUT2D eigenvalue weighted by atomic mass is 32.1. The first-order valence-corrected chi connectivity index (χ1v) is 12.6. The number of thiazole rings is 1. The third-order valence-electron chi connectivity index (χ3n) is 6.22. The van der Waals surface area contributed by atoms with Crippen LogP contribution in [0.4, 0.5) is 0 Å². The molecule has 3 heterocycles. The van der Waals surface area contributed by atoms with Gasteiger partial charge in [0, 0.05) is 35.5 Å². The minimum absolute atomic E-state index is 0.0499. The van der Waals surface area contributed by atoms with E-state index in [-0.39, 0.29) is 11.8 Å². The molecule has 186 valence electrons. The van der Waals surface area contributed by atoms with Crippen LogP contribution in [-0.2, 0) is 4.79 Å². The number of para-hydroxylation sites is 1. The van der Waals surface area contributed by atoms with E-state index in [4.69, 9.17) is 14.5 Å². The summed E-state index contributed by atoms with van der Waals surface area (Å²) < 4.78 is 15.9. The summed E-state index contributed by atoms with van der Waals surface area (Å²) in [4.78, 5) is 33.6. The van der Waals surface area contributed by atoms with Gasteiger partial charge >= 0.3 is 5.76 Å². The Morgan fingerprint density at radius 2 is 2.03 bits per heavy atom. The molecule has 2 atom stereocenters. The predicted molar refractivity (Wildman–Crippen MR) is 135 cm³/mol. The minimum atomic E-state index is -0.637. The Morgan fingerprint density at radius 1 is 1.22 bits per heavy atom. The van der Waals surface area contributed by atoms with E-state index >= 15 is 0 Å². The fourth-order valence-electron chi connectivity index (χ4n) is 4.39. The highest BCUT2D eigenvalue weighted by molar-refractivity contribution is 7.10. The van der Waals surface area contributed by atoms with E-state index in [1.165, 1.54) is 0 Å². The fourth-order valence-corrected chi connectivity index (χ4v) is 5.34. The molecule has 0 bridgehead atoms. The Balaban J connectivity index is 1.22. The zero-order chi connectivity index (χ0) is 25.1. The van der Waals surface area contributed by atoms with Gasteiger partial charge in [0.25, 0.3) is 5.91 Å². The number of rotatable bonds is 7. The van der Waals surface area contributed by atoms with Crippen molar-refractivity contribution in [1.29, 1.82) is 0 Å². The normalized spacial score (nSPS) is 16.5. The van der Waals surface area contributed by atoms with Crippen LogP contribution in [0.25, 0.3) is 22.6 Å². The molecule has 0 radical (unpaired) electrons. The first kappa shape index (κ1) is 23.8. The largest absolute Gasteiger partial charge is 0.496 e. The van der Waals surface area contributed by atoms with Crippen LogP contribution in [0, 0.1) is 0 Å². The lowest BCUT2D eigenvalue weighted by atomic mass is 9.98. The van der Waals surface area contributed by atoms with Gasteiger partial charge in [-0.3, -0.25) is 14.3 Å². The molecule has 0 spiro atoms. The van der Waals surface area contributed by atoms with Crippen LogP contribution >= 0.6 is 11.3 Å². The monoisotopic (exact) mass is 506 g/mol. The number of amides is 1. The van der Waals surface area contributed by atoms with Gasteiger partial charge in [-0.1, -0.05) is 17.3 Å². The molecule has 1 amide bonds. The van der Waals surface area contributed by atoms with Crippen LogP contribution in [0.3, 0.4) is 0 Å². The van der Waals surface area contributed by atoms with E-state index in [9.17, 15) is 9.59 Å². The van der Waals surface area contributed by atoms with Crippen molar-refractivity contribution in [3.63, 3.8) is 0 Å². The van der Waals surface area contributed by atoms with Gasteiger partial charge < -0.3 is 14.4 Å². The number of nitrogens with one attached hydrogen (secondary N) is 1. The maximum absolute atomic E-state index is 13.2. The van der Waals surface area contributed by atoms with E-state index in [2.05, 4.69) is 20.0 Å². The number of hydrogen-bond donors (Lipinski definition) is 1. The quantitative estimate of drug-likeness (QED) is 0.397. The van der Waals surface area contributed by atoms with Gasteiger partial charge in [0.2, 0.25) is 0 Å². The molecule has 9 nitrogen and oxygen atoms in total. The molecule has 1 aliphatic heterocycles. The number of carbonyl (C=O) groups excluding carboxylic acids is 1. The van der Waals surface area contributed by atoms with Gasteiger partial charge in [-0.2, -0.15) is 0 Å². The van der Waals surface area contributed by atoms with Gasteiger partial charge in [0.15, 0.2) is 11.9 Å². The average molecular weight is 507 g/mol. The Bertz CT molecular complexity index is 1390. The molecule has 0 aliphatic carbocycles. The van der Waals surface area contributed by atoms with Crippen molar-refractivity contribution in [1.82, 2.24) is 20.0 Å². The van der Waals surface area contributed by atoms with Gasteiger partial charge in [-0.25, -0.2) is 9.78 Å². The fraction of sp³-hybridized carbons (Fsp3) is 0.308. The number of hydrogen-bond acceptors (Lipinski definition) is 8. The molecule has 2 aromatic heterocycles. The molecule has 1 N–H and O–H groups in total. The maximum atomic E-state index is 13.2. The number of nitrogens with zero attached hydrogens (tertiary/aromatic N) is 3. The second kappa shape index (κ2) is 10.4. The Morgan fingerprint density at radius 3 is 2.78 bits per heavy atom. The predicted octanol–water partition coefficient (Wildman–Crippen LogP) is 4.34. The number of H-pyrrole nitrogens is 1. The smallest absolute Gasteiger partial charge is 0.439 e. The molecule has 2 aromatic carbocycles. The second-order valence-electron chi connectivity index (χ2n) is 8.62. The molecule has 36 heavy (non-hydrogen) atoms. The SMILES string of the molecule is COc1ccccc1-c1csc(C2CCCN(C(=O)C(C)Oc3ccc(-c4noc(=O)[nH]4)cc3)C2)n1. The summed E-state index contributed by atoms with van der Waals surface area (Å²) in [5, 5.41) is 6.75. The van der Waals surface area contributed by atoms with Crippen molar-refractivity contribution in [2.24, 2.45) is 0 Å². The number of ether oxygens (including phenoxy) is 2. The van der Waals surface area contributed by atoms with E-state index in [0.29, 0.717) is 30.2 Å². The van der Waals surface area contributed by atoms with Gasteiger partial charge in [-0.15, -0.1) is 11.3 Å². The van der Waals surface area contributed by atoms with Crippen molar-refractivity contribution >= 4 is 17.2 Å². The number of piperidine rings is 1. The summed E-state index contributed by atoms with van der Waals surface area (Å²) in [6.45, 7) is 3.08. The van der Waals surface area contributed by atoms with E-state index in [1.807, 2.05) is 29.2 Å². The van der Waals surface area contributed by atoms with Gasteiger partial charge in [-0.05, 0) is 56.2 Å². The van der Waals surface area contributed by atoms with E-state index in [0.717, 1.165) is 34.9 Å². The lowest BCUT2D eigenvalue weighted by Crippen LogP contribution is -2.45. The van der Waals surface area contributed by atoms with Crippen LogP contribution in [0.15, 0.2) is 63.2 Å². The third kappa shape index (κ3) is 5.03. The molecule has 2 unspecified atom stereocenters. The number of benzene rings is 2. The van der Waals surface area contributed by atoms with Crippen molar-refractivity contribution < 1.29 is 18.8 Å². The van der Waals surface area contributed by atoms with Crippen LogP contribution in [-0.4, -0.2) is 52.2 Å². The third-order valence-corrected chi connectivity index (χ3v) is 7.22. The van der Waals surface area contributed by atoms with E-state index in [1.54, 1.807) is 49.6 Å². The summed E-state index contributed by atoms with van der Waals surface area (Å²) in [5.74, 6) is 1.21. The number of methoxy groups -OCH3 is 1. The summed E-state index contributed by atoms with van der Waals surface area (Å²) in [5.41, 5.74) is 2.54. The second-order valence-corrected chi connectivity index (χ2v) is 9.51. The Labute approximate surface area is 211 Å². The standard InChI is InChI=1S/C26H26N4O5S/c1-16(34-19-11-9-17(10-12-19)23-28-26(32)35-29-23)25(31)30-13-5-6-18(14-30)24-27-21(15-36-24)20-7-3-4-8-22(20)33-2/h3-4,7-12,15-16,18H,5-6,13-14H2,1-2H3,(H,28,29,32). The molecule has 1 aliphatic rings. The zero-order valence-electron chi connectivity index (χ0n) is 20.0. The topological polar surface area (TPSA) is 111 Å². The molecule has 4 aromatic rings. The lowest BCUT2D eigenvalue weighted by Gasteiger charge is -2.33. The molecule has 1 fully saturated rings. The maximum Gasteiger partial charge on any atom is 0.439 e.